The number of rotatable bonds is 6. The Morgan fingerprint density at radius 2 is 2.09 bits per heavy atom. The fraction of sp³-hybridized carbons (Fsp3) is 0.588. The van der Waals surface area contributed by atoms with Gasteiger partial charge in [0, 0.05) is 35.4 Å². The highest BCUT2D eigenvalue weighted by Gasteiger charge is 2.38. The van der Waals surface area contributed by atoms with Crippen molar-refractivity contribution in [2.45, 2.75) is 44.1 Å². The average Bonchev–Trinajstić information content (AvgIpc) is 2.98. The Kier molecular flexibility index (Phi) is 6.18. The normalized spacial score (nSPS) is 19.6. The number of nitrogens with one attached hydrogen (secondary N) is 1. The molecule has 0 spiro atoms. The lowest BCUT2D eigenvalue weighted by atomic mass is 9.97. The summed E-state index contributed by atoms with van der Waals surface area (Å²) in [7, 11) is -0.997. The number of nitrogens with zero attached hydrogens (tertiary/aromatic N) is 1. The van der Waals surface area contributed by atoms with Gasteiger partial charge < -0.3 is 15.3 Å². The summed E-state index contributed by atoms with van der Waals surface area (Å²) >= 11 is 0. The number of hydrogen-bond acceptors (Lipinski definition) is 3. The lowest BCUT2D eigenvalue weighted by Crippen LogP contribution is -2.51. The molecule has 23 heavy (non-hydrogen) atoms. The molecule has 1 aromatic carbocycles. The number of likely N-dealkylation sites (tertiary alicyclic amines) is 1. The van der Waals surface area contributed by atoms with Crippen LogP contribution in [0, 0.1) is 0 Å². The van der Waals surface area contributed by atoms with Gasteiger partial charge in [-0.2, -0.15) is 0 Å². The smallest absolute Gasteiger partial charge is 0.317 e. The number of carbonyl (C=O) groups excluding carboxylic acids is 1. The molecule has 0 radical (unpaired) electrons. The minimum atomic E-state index is -0.997. The first-order chi connectivity index (χ1) is 10.9. The zero-order valence-electron chi connectivity index (χ0n) is 13.8. The summed E-state index contributed by atoms with van der Waals surface area (Å²) in [6.45, 7) is 4.51. The Morgan fingerprint density at radius 1 is 1.39 bits per heavy atom. The van der Waals surface area contributed by atoms with Crippen molar-refractivity contribution in [1.29, 1.82) is 0 Å². The SMILES string of the molecule is CC(C)(O)[C@@H]1CCCN1C(=O)NCC[S@@](=O)Cc1ccccc1. The van der Waals surface area contributed by atoms with Crippen molar-refractivity contribution < 1.29 is 14.1 Å². The molecule has 2 atom stereocenters. The van der Waals surface area contributed by atoms with E-state index in [-0.39, 0.29) is 12.1 Å². The van der Waals surface area contributed by atoms with Gasteiger partial charge in [0.2, 0.25) is 0 Å². The first-order valence-corrected chi connectivity index (χ1v) is 9.52. The zero-order chi connectivity index (χ0) is 16.9. The van der Waals surface area contributed by atoms with E-state index in [1.807, 2.05) is 30.3 Å². The van der Waals surface area contributed by atoms with Crippen LogP contribution in [0.2, 0.25) is 0 Å². The van der Waals surface area contributed by atoms with Crippen LogP contribution in [-0.2, 0) is 16.6 Å². The Bertz CT molecular complexity index is 543. The molecule has 2 rings (SSSR count). The number of hydrogen-bond donors (Lipinski definition) is 2. The first kappa shape index (κ1) is 17.9. The van der Waals surface area contributed by atoms with Gasteiger partial charge in [-0.15, -0.1) is 0 Å². The summed E-state index contributed by atoms with van der Waals surface area (Å²) in [4.78, 5) is 13.9. The quantitative estimate of drug-likeness (QED) is 0.832. The lowest BCUT2D eigenvalue weighted by molar-refractivity contribution is 0.00991. The Hall–Kier alpha value is -1.40. The van der Waals surface area contributed by atoms with E-state index in [9.17, 15) is 14.1 Å². The molecule has 0 saturated carbocycles. The molecule has 6 heteroatoms. The van der Waals surface area contributed by atoms with Crippen molar-refractivity contribution in [2.75, 3.05) is 18.8 Å². The molecule has 5 nitrogen and oxygen atoms in total. The highest BCUT2D eigenvalue weighted by molar-refractivity contribution is 7.84. The Morgan fingerprint density at radius 3 is 2.74 bits per heavy atom. The van der Waals surface area contributed by atoms with Crippen LogP contribution in [0.1, 0.15) is 32.3 Å². The maximum Gasteiger partial charge on any atom is 0.317 e. The van der Waals surface area contributed by atoms with Gasteiger partial charge in [-0.3, -0.25) is 4.21 Å². The van der Waals surface area contributed by atoms with Crippen molar-refractivity contribution in [3.63, 3.8) is 0 Å². The van der Waals surface area contributed by atoms with Gasteiger partial charge >= 0.3 is 6.03 Å². The molecule has 128 valence electrons. The van der Waals surface area contributed by atoms with Crippen LogP contribution in [0.25, 0.3) is 0 Å². The minimum absolute atomic E-state index is 0.155. The maximum absolute atomic E-state index is 12.2. The van der Waals surface area contributed by atoms with Gasteiger partial charge in [-0.05, 0) is 32.3 Å². The number of urea groups is 1. The highest BCUT2D eigenvalue weighted by atomic mass is 32.2. The van der Waals surface area contributed by atoms with E-state index in [1.54, 1.807) is 18.7 Å². The number of amides is 2. The van der Waals surface area contributed by atoms with E-state index in [4.69, 9.17) is 0 Å². The molecular weight excluding hydrogens is 312 g/mol. The summed E-state index contributed by atoms with van der Waals surface area (Å²) < 4.78 is 12.0. The zero-order valence-corrected chi connectivity index (χ0v) is 14.6. The van der Waals surface area contributed by atoms with Gasteiger partial charge in [0.05, 0.1) is 11.6 Å². The van der Waals surface area contributed by atoms with Crippen molar-refractivity contribution in [3.05, 3.63) is 35.9 Å². The van der Waals surface area contributed by atoms with Crippen molar-refractivity contribution in [1.82, 2.24) is 10.2 Å². The van der Waals surface area contributed by atoms with E-state index in [2.05, 4.69) is 5.32 Å². The average molecular weight is 338 g/mol. The predicted octanol–water partition coefficient (Wildman–Crippen LogP) is 1.88. The minimum Gasteiger partial charge on any atom is -0.388 e. The summed E-state index contributed by atoms with van der Waals surface area (Å²) in [6, 6.07) is 9.37. The van der Waals surface area contributed by atoms with E-state index in [0.29, 0.717) is 24.6 Å². The molecule has 1 aliphatic rings. The number of carbonyl (C=O) groups is 1. The maximum atomic E-state index is 12.2. The Balaban J connectivity index is 1.75. The second-order valence-electron chi connectivity index (χ2n) is 6.51. The van der Waals surface area contributed by atoms with Crippen molar-refractivity contribution in [2.24, 2.45) is 0 Å². The van der Waals surface area contributed by atoms with Crippen molar-refractivity contribution in [3.8, 4) is 0 Å². The van der Waals surface area contributed by atoms with Gasteiger partial charge in [0.1, 0.15) is 0 Å². The predicted molar refractivity (Wildman–Crippen MR) is 92.6 cm³/mol. The Labute approximate surface area is 140 Å². The molecule has 2 amide bonds. The third-order valence-corrected chi connectivity index (χ3v) is 5.42. The van der Waals surface area contributed by atoms with Crippen LogP contribution >= 0.6 is 0 Å². The summed E-state index contributed by atoms with van der Waals surface area (Å²) in [5, 5.41) is 13.0. The fourth-order valence-electron chi connectivity index (χ4n) is 2.95. The molecule has 1 aromatic rings. The largest absolute Gasteiger partial charge is 0.388 e. The summed E-state index contributed by atoms with van der Waals surface area (Å²) in [5.74, 6) is 0.939. The molecule has 0 unspecified atom stereocenters. The monoisotopic (exact) mass is 338 g/mol. The highest BCUT2D eigenvalue weighted by Crippen LogP contribution is 2.26. The van der Waals surface area contributed by atoms with Crippen LogP contribution < -0.4 is 5.32 Å². The second kappa shape index (κ2) is 7.93. The van der Waals surface area contributed by atoms with E-state index in [1.165, 1.54) is 0 Å². The van der Waals surface area contributed by atoms with E-state index in [0.717, 1.165) is 18.4 Å². The lowest BCUT2D eigenvalue weighted by Gasteiger charge is -2.33. The standard InChI is InChI=1S/C17H26N2O3S/c1-17(2,21)15-9-6-11-19(15)16(20)18-10-12-23(22)13-14-7-4-3-5-8-14/h3-5,7-8,15,21H,6,9-13H2,1-2H3,(H,18,20)/t15-,23+/m0/s1. The van der Waals surface area contributed by atoms with Gasteiger partial charge in [0.15, 0.2) is 0 Å². The van der Waals surface area contributed by atoms with Crippen LogP contribution in [0.15, 0.2) is 30.3 Å². The molecule has 0 aromatic heterocycles. The van der Waals surface area contributed by atoms with Crippen LogP contribution in [0.5, 0.6) is 0 Å². The van der Waals surface area contributed by atoms with Crippen LogP contribution in [0.3, 0.4) is 0 Å². The fourth-order valence-corrected chi connectivity index (χ4v) is 3.99. The summed E-state index contributed by atoms with van der Waals surface area (Å²) in [5.41, 5.74) is 0.142. The van der Waals surface area contributed by atoms with Gasteiger partial charge in [-0.1, -0.05) is 30.3 Å². The topological polar surface area (TPSA) is 69.6 Å². The first-order valence-electron chi connectivity index (χ1n) is 8.03. The third kappa shape index (κ3) is 5.32. The van der Waals surface area contributed by atoms with E-state index >= 15 is 0 Å². The second-order valence-corrected chi connectivity index (χ2v) is 8.09. The molecule has 1 saturated heterocycles. The van der Waals surface area contributed by atoms with Crippen LogP contribution in [0.4, 0.5) is 4.79 Å². The van der Waals surface area contributed by atoms with Crippen molar-refractivity contribution >= 4 is 16.8 Å². The molecular formula is C17H26N2O3S. The van der Waals surface area contributed by atoms with Crippen LogP contribution in [-0.4, -0.2) is 50.7 Å². The molecule has 1 heterocycles. The third-order valence-electron chi connectivity index (χ3n) is 4.11. The number of aliphatic hydroxyl groups is 1. The van der Waals surface area contributed by atoms with E-state index < -0.39 is 16.4 Å². The molecule has 2 N–H and O–H groups in total. The summed E-state index contributed by atoms with van der Waals surface area (Å²) in [6.07, 6.45) is 1.72. The van der Waals surface area contributed by atoms with Gasteiger partial charge in [0.25, 0.3) is 0 Å². The molecule has 1 aliphatic heterocycles. The van der Waals surface area contributed by atoms with Gasteiger partial charge in [-0.25, -0.2) is 4.79 Å². The molecule has 0 bridgehead atoms. The molecule has 0 aliphatic carbocycles. The number of benzene rings is 1. The molecule has 1 fully saturated rings.